The average Bonchev–Trinajstić information content (AvgIpc) is 2.61. The molecule has 1 heterocycles. The van der Waals surface area contributed by atoms with E-state index in [4.69, 9.17) is 0 Å². The van der Waals surface area contributed by atoms with Crippen molar-refractivity contribution in [3.63, 3.8) is 0 Å². The molecule has 0 radical (unpaired) electrons. The molecule has 0 aromatic heterocycles. The Labute approximate surface area is 142 Å². The molecule has 2 amide bonds. The van der Waals surface area contributed by atoms with Crippen LogP contribution in [0.5, 0.6) is 0 Å². The fourth-order valence-electron chi connectivity index (χ4n) is 2.80. The lowest BCUT2D eigenvalue weighted by Crippen LogP contribution is -2.42. The number of nitrogens with zero attached hydrogens (tertiary/aromatic N) is 1. The van der Waals surface area contributed by atoms with Crippen molar-refractivity contribution in [3.05, 3.63) is 42.5 Å². The Morgan fingerprint density at radius 2 is 1.91 bits per heavy atom. The van der Waals surface area contributed by atoms with E-state index in [1.807, 2.05) is 13.2 Å². The zero-order valence-electron chi connectivity index (χ0n) is 13.7. The number of rotatable bonds is 5. The van der Waals surface area contributed by atoms with Crippen LogP contribution in [0.15, 0.2) is 41.8 Å². The van der Waals surface area contributed by atoms with Gasteiger partial charge in [-0.2, -0.15) is 0 Å². The normalized spacial score (nSPS) is 16.7. The molecule has 1 atom stereocenters. The maximum absolute atomic E-state index is 12.4. The minimum absolute atomic E-state index is 0.00811. The van der Waals surface area contributed by atoms with Crippen LogP contribution in [0.2, 0.25) is 0 Å². The van der Waals surface area contributed by atoms with Gasteiger partial charge in [-0.1, -0.05) is 18.7 Å². The summed E-state index contributed by atoms with van der Waals surface area (Å²) in [7, 11) is 0. The zero-order valence-corrected chi connectivity index (χ0v) is 14.6. The van der Waals surface area contributed by atoms with Gasteiger partial charge in [-0.05, 0) is 49.8 Å². The molecular weight excluding hydrogens is 308 g/mol. The van der Waals surface area contributed by atoms with Crippen LogP contribution < -0.4 is 5.32 Å². The predicted molar refractivity (Wildman–Crippen MR) is 94.3 cm³/mol. The molecule has 0 aliphatic carbocycles. The molecule has 1 aromatic rings. The van der Waals surface area contributed by atoms with Gasteiger partial charge in [0.1, 0.15) is 0 Å². The SMILES string of the molecule is C=CC(=O)N1CCC(C(=O)N[C@@H](C)c2ccc(SC)cc2)CC1. The van der Waals surface area contributed by atoms with Crippen LogP contribution in [-0.4, -0.2) is 36.1 Å². The number of hydrogen-bond donors (Lipinski definition) is 1. The second kappa shape index (κ2) is 8.20. The summed E-state index contributed by atoms with van der Waals surface area (Å²) in [6, 6.07) is 8.25. The summed E-state index contributed by atoms with van der Waals surface area (Å²) in [5.74, 6) is 0.0139. The highest BCUT2D eigenvalue weighted by atomic mass is 32.2. The second-order valence-electron chi connectivity index (χ2n) is 5.81. The van der Waals surface area contributed by atoms with Crippen LogP contribution >= 0.6 is 11.8 Å². The number of nitrogens with one attached hydrogen (secondary N) is 1. The first kappa shape index (κ1) is 17.6. The third-order valence-electron chi connectivity index (χ3n) is 4.33. The number of hydrogen-bond acceptors (Lipinski definition) is 3. The van der Waals surface area contributed by atoms with Crippen LogP contribution in [0, 0.1) is 5.92 Å². The van der Waals surface area contributed by atoms with Crippen LogP contribution in [0.1, 0.15) is 31.4 Å². The highest BCUT2D eigenvalue weighted by molar-refractivity contribution is 7.98. The highest BCUT2D eigenvalue weighted by Gasteiger charge is 2.27. The smallest absolute Gasteiger partial charge is 0.245 e. The van der Waals surface area contributed by atoms with Gasteiger partial charge in [0.2, 0.25) is 11.8 Å². The number of thioether (sulfide) groups is 1. The summed E-state index contributed by atoms with van der Waals surface area (Å²) in [6.07, 6.45) is 4.80. The van der Waals surface area contributed by atoms with Crippen molar-refractivity contribution in [2.45, 2.75) is 30.7 Å². The van der Waals surface area contributed by atoms with Crippen molar-refractivity contribution in [2.75, 3.05) is 19.3 Å². The summed E-state index contributed by atoms with van der Waals surface area (Å²) >= 11 is 1.70. The Morgan fingerprint density at radius 3 is 2.43 bits per heavy atom. The van der Waals surface area contributed by atoms with E-state index in [9.17, 15) is 9.59 Å². The molecule has 0 saturated carbocycles. The quantitative estimate of drug-likeness (QED) is 0.666. The Kier molecular flexibility index (Phi) is 6.28. The van der Waals surface area contributed by atoms with Crippen LogP contribution in [-0.2, 0) is 9.59 Å². The van der Waals surface area contributed by atoms with Gasteiger partial charge < -0.3 is 10.2 Å². The van der Waals surface area contributed by atoms with Gasteiger partial charge in [0.05, 0.1) is 6.04 Å². The average molecular weight is 332 g/mol. The van der Waals surface area contributed by atoms with Gasteiger partial charge in [-0.25, -0.2) is 0 Å². The predicted octanol–water partition coefficient (Wildman–Crippen LogP) is 3.01. The van der Waals surface area contributed by atoms with Crippen molar-refractivity contribution in [3.8, 4) is 0 Å². The van der Waals surface area contributed by atoms with Crippen LogP contribution in [0.3, 0.4) is 0 Å². The summed E-state index contributed by atoms with van der Waals surface area (Å²) in [5.41, 5.74) is 1.11. The fourth-order valence-corrected chi connectivity index (χ4v) is 3.21. The number of carbonyl (C=O) groups excluding carboxylic acids is 2. The number of carbonyl (C=O) groups is 2. The molecule has 0 spiro atoms. The Bertz CT molecular complexity index is 563. The van der Waals surface area contributed by atoms with E-state index < -0.39 is 0 Å². The van der Waals surface area contributed by atoms with Crippen molar-refractivity contribution in [1.29, 1.82) is 0 Å². The van der Waals surface area contributed by atoms with E-state index in [0.717, 1.165) is 5.56 Å². The molecule has 1 saturated heterocycles. The summed E-state index contributed by atoms with van der Waals surface area (Å²) < 4.78 is 0. The first-order valence-corrected chi connectivity index (χ1v) is 9.13. The van der Waals surface area contributed by atoms with E-state index in [-0.39, 0.29) is 23.8 Å². The summed E-state index contributed by atoms with van der Waals surface area (Å²) in [4.78, 5) is 26.9. The van der Waals surface area contributed by atoms with Gasteiger partial charge in [0.25, 0.3) is 0 Å². The minimum atomic E-state index is -0.0499. The molecule has 124 valence electrons. The minimum Gasteiger partial charge on any atom is -0.349 e. The molecule has 1 fully saturated rings. The lowest BCUT2D eigenvalue weighted by molar-refractivity contribution is -0.132. The molecule has 2 rings (SSSR count). The molecule has 1 N–H and O–H groups in total. The molecule has 0 bridgehead atoms. The van der Waals surface area contributed by atoms with E-state index in [2.05, 4.69) is 36.2 Å². The van der Waals surface area contributed by atoms with E-state index in [1.54, 1.807) is 16.7 Å². The van der Waals surface area contributed by atoms with E-state index in [1.165, 1.54) is 11.0 Å². The fraction of sp³-hybridized carbons (Fsp3) is 0.444. The number of benzene rings is 1. The number of piperidine rings is 1. The topological polar surface area (TPSA) is 49.4 Å². The third-order valence-corrected chi connectivity index (χ3v) is 5.07. The first-order valence-electron chi connectivity index (χ1n) is 7.90. The third kappa shape index (κ3) is 4.61. The monoisotopic (exact) mass is 332 g/mol. The molecule has 23 heavy (non-hydrogen) atoms. The van der Waals surface area contributed by atoms with Gasteiger partial charge >= 0.3 is 0 Å². The van der Waals surface area contributed by atoms with Gasteiger partial charge in [-0.15, -0.1) is 11.8 Å². The highest BCUT2D eigenvalue weighted by Crippen LogP contribution is 2.21. The van der Waals surface area contributed by atoms with Crippen LogP contribution in [0.25, 0.3) is 0 Å². The van der Waals surface area contributed by atoms with Crippen molar-refractivity contribution in [2.24, 2.45) is 5.92 Å². The van der Waals surface area contributed by atoms with E-state index >= 15 is 0 Å². The van der Waals surface area contributed by atoms with Crippen LogP contribution in [0.4, 0.5) is 0 Å². The molecule has 1 aliphatic rings. The lowest BCUT2D eigenvalue weighted by Gasteiger charge is -2.31. The maximum Gasteiger partial charge on any atom is 0.245 e. The Hall–Kier alpha value is -1.75. The summed E-state index contributed by atoms with van der Waals surface area (Å²) in [5, 5.41) is 3.09. The van der Waals surface area contributed by atoms with Gasteiger partial charge in [0, 0.05) is 23.9 Å². The van der Waals surface area contributed by atoms with Crippen molar-refractivity contribution < 1.29 is 9.59 Å². The molecular formula is C18H24N2O2S. The van der Waals surface area contributed by atoms with Crippen molar-refractivity contribution >= 4 is 23.6 Å². The zero-order chi connectivity index (χ0) is 16.8. The van der Waals surface area contributed by atoms with Crippen molar-refractivity contribution in [1.82, 2.24) is 10.2 Å². The summed E-state index contributed by atoms with van der Waals surface area (Å²) in [6.45, 7) is 6.76. The number of amides is 2. The maximum atomic E-state index is 12.4. The Balaban J connectivity index is 1.86. The molecule has 1 aliphatic heterocycles. The molecule has 5 heteroatoms. The largest absolute Gasteiger partial charge is 0.349 e. The standard InChI is InChI=1S/C18H24N2O2S/c1-4-17(21)20-11-9-15(10-12-20)18(22)19-13(2)14-5-7-16(23-3)8-6-14/h4-8,13,15H,1,9-12H2,2-3H3,(H,19,22)/t13-/m0/s1. The number of likely N-dealkylation sites (tertiary alicyclic amines) is 1. The molecule has 0 unspecified atom stereocenters. The van der Waals surface area contributed by atoms with Gasteiger partial charge in [0.15, 0.2) is 0 Å². The van der Waals surface area contributed by atoms with Gasteiger partial charge in [-0.3, -0.25) is 9.59 Å². The Morgan fingerprint density at radius 1 is 1.30 bits per heavy atom. The molecule has 1 aromatic carbocycles. The second-order valence-corrected chi connectivity index (χ2v) is 6.69. The first-order chi connectivity index (χ1) is 11.0. The van der Waals surface area contributed by atoms with E-state index in [0.29, 0.717) is 25.9 Å². The molecule has 4 nitrogen and oxygen atoms in total. The lowest BCUT2D eigenvalue weighted by atomic mass is 9.95.